The van der Waals surface area contributed by atoms with Crippen LogP contribution in [0.1, 0.15) is 72.9 Å². The maximum absolute atomic E-state index is 13.8. The van der Waals surface area contributed by atoms with Gasteiger partial charge in [-0.3, -0.25) is 4.79 Å². The molecule has 1 atom stereocenters. The summed E-state index contributed by atoms with van der Waals surface area (Å²) in [6, 6.07) is 18.9. The van der Waals surface area contributed by atoms with Gasteiger partial charge < -0.3 is 34.3 Å². The van der Waals surface area contributed by atoms with Crippen molar-refractivity contribution in [3.63, 3.8) is 0 Å². The number of ether oxygens (including phenoxy) is 3. The van der Waals surface area contributed by atoms with Crippen LogP contribution in [0.3, 0.4) is 0 Å². The molecule has 1 saturated carbocycles. The van der Waals surface area contributed by atoms with Crippen LogP contribution < -0.4 is 19.5 Å². The van der Waals surface area contributed by atoms with Crippen molar-refractivity contribution in [2.45, 2.75) is 69.9 Å². The smallest absolute Gasteiger partial charge is 0.329 e. The average Bonchev–Trinajstić information content (AvgIpc) is 3.26. The van der Waals surface area contributed by atoms with Crippen molar-refractivity contribution >= 4 is 22.8 Å². The van der Waals surface area contributed by atoms with Crippen molar-refractivity contribution < 1.29 is 34.0 Å². The first-order chi connectivity index (χ1) is 22.3. The summed E-state index contributed by atoms with van der Waals surface area (Å²) >= 11 is 0. The molecular weight excluding hydrogens is 584 g/mol. The molecular formula is C37H42N2O7. The fourth-order valence-corrected chi connectivity index (χ4v) is 6.90. The molecule has 46 heavy (non-hydrogen) atoms. The quantitative estimate of drug-likeness (QED) is 0.166. The molecule has 1 aromatic heterocycles. The minimum absolute atomic E-state index is 0.0500. The van der Waals surface area contributed by atoms with Gasteiger partial charge in [-0.05, 0) is 73.2 Å². The minimum Gasteiger partial charge on any atom is -0.497 e. The summed E-state index contributed by atoms with van der Waals surface area (Å²) in [5.74, 6) is 1.01. The lowest BCUT2D eigenvalue weighted by Crippen LogP contribution is -2.53. The number of aromatic nitrogens is 1. The molecule has 242 valence electrons. The van der Waals surface area contributed by atoms with Crippen molar-refractivity contribution in [1.29, 1.82) is 0 Å². The number of carbonyl (C=O) groups is 2. The van der Waals surface area contributed by atoms with Gasteiger partial charge in [0, 0.05) is 47.5 Å². The zero-order valence-electron chi connectivity index (χ0n) is 26.5. The third-order valence-electron chi connectivity index (χ3n) is 9.31. The van der Waals surface area contributed by atoms with E-state index in [2.05, 4.69) is 16.0 Å². The molecule has 6 rings (SSSR count). The van der Waals surface area contributed by atoms with Crippen LogP contribution in [0.4, 0.5) is 0 Å². The van der Waals surface area contributed by atoms with Gasteiger partial charge in [-0.15, -0.1) is 0 Å². The van der Waals surface area contributed by atoms with Crippen LogP contribution in [0.2, 0.25) is 0 Å². The Kier molecular flexibility index (Phi) is 9.22. The number of nitrogens with zero attached hydrogens (tertiary/aromatic N) is 1. The molecule has 1 amide bonds. The number of aliphatic hydroxyl groups excluding tert-OH is 1. The zero-order chi connectivity index (χ0) is 32.3. The summed E-state index contributed by atoms with van der Waals surface area (Å²) in [5, 5.41) is 23.2. The van der Waals surface area contributed by atoms with E-state index in [4.69, 9.17) is 19.3 Å². The van der Waals surface area contributed by atoms with Gasteiger partial charge in [0.1, 0.15) is 29.4 Å². The predicted molar refractivity (Wildman–Crippen MR) is 176 cm³/mol. The summed E-state index contributed by atoms with van der Waals surface area (Å²) in [5.41, 5.74) is 4.02. The first kappa shape index (κ1) is 31.5. The third kappa shape index (κ3) is 6.29. The van der Waals surface area contributed by atoms with E-state index in [1.54, 1.807) is 31.4 Å². The summed E-state index contributed by atoms with van der Waals surface area (Å²) in [4.78, 5) is 26.3. The topological polar surface area (TPSA) is 119 Å². The second-order valence-electron chi connectivity index (χ2n) is 12.5. The van der Waals surface area contributed by atoms with E-state index in [9.17, 15) is 14.7 Å². The van der Waals surface area contributed by atoms with Crippen LogP contribution in [-0.4, -0.2) is 59.1 Å². The first-order valence-electron chi connectivity index (χ1n) is 16.2. The molecule has 1 aliphatic carbocycles. The van der Waals surface area contributed by atoms with Crippen molar-refractivity contribution in [3.05, 3.63) is 77.4 Å². The lowest BCUT2D eigenvalue weighted by molar-refractivity contribution is -0.143. The Morgan fingerprint density at radius 3 is 2.50 bits per heavy atom. The van der Waals surface area contributed by atoms with Gasteiger partial charge in [-0.25, -0.2) is 4.79 Å². The number of hydrogen-bond acceptors (Lipinski definition) is 6. The standard InChI is InChI=1S/C37H42N2O7/c1-37(36(42)43,23-24-9-12-27(13-10-24)45-19-6-18-40)38-35(41)26-11-15-29-31(21-26)39-17-20-46-32-22-28(44-2)14-16-30(32)34(39)33(29)25-7-4-3-5-8-25/h9-16,21-22,25,40H,3-8,17-20,23H2,1-2H3,(H,38,41)(H,42,43)/t37-/m0/s1. The maximum atomic E-state index is 13.8. The van der Waals surface area contributed by atoms with Gasteiger partial charge in [0.2, 0.25) is 0 Å². The van der Waals surface area contributed by atoms with E-state index >= 15 is 0 Å². The fourth-order valence-electron chi connectivity index (χ4n) is 6.90. The number of methoxy groups -OCH3 is 1. The molecule has 2 aliphatic rings. The molecule has 4 aromatic rings. The Morgan fingerprint density at radius 1 is 1.02 bits per heavy atom. The molecule has 3 aromatic carbocycles. The number of carbonyl (C=O) groups excluding carboxylic acids is 1. The van der Waals surface area contributed by atoms with Crippen LogP contribution in [-0.2, 0) is 17.8 Å². The van der Waals surface area contributed by atoms with Gasteiger partial charge in [-0.2, -0.15) is 0 Å². The third-order valence-corrected chi connectivity index (χ3v) is 9.31. The van der Waals surface area contributed by atoms with E-state index < -0.39 is 17.4 Å². The molecule has 2 heterocycles. The van der Waals surface area contributed by atoms with E-state index in [1.807, 2.05) is 30.3 Å². The first-order valence-corrected chi connectivity index (χ1v) is 16.2. The van der Waals surface area contributed by atoms with E-state index in [1.165, 1.54) is 31.7 Å². The molecule has 3 N–H and O–H groups in total. The van der Waals surface area contributed by atoms with Crippen molar-refractivity contribution in [1.82, 2.24) is 9.88 Å². The Bertz CT molecular complexity index is 1720. The van der Waals surface area contributed by atoms with Gasteiger partial charge in [0.25, 0.3) is 5.91 Å². The number of nitrogens with one attached hydrogen (secondary N) is 1. The van der Waals surface area contributed by atoms with Gasteiger partial charge >= 0.3 is 5.97 Å². The SMILES string of the molecule is COc1ccc2c(c1)OCCn1c-2c(C2CCCCC2)c2ccc(C(=O)N[C@@](C)(Cc3ccc(OCCCO)cc3)C(=O)O)cc21. The number of hydrogen-bond donors (Lipinski definition) is 3. The number of carboxylic acids is 1. The molecule has 1 aliphatic heterocycles. The van der Waals surface area contributed by atoms with Crippen molar-refractivity contribution in [2.24, 2.45) is 0 Å². The normalized spacial score (nSPS) is 16.0. The second-order valence-corrected chi connectivity index (χ2v) is 12.5. The number of carboxylic acid groups (broad SMARTS) is 1. The van der Waals surface area contributed by atoms with Crippen molar-refractivity contribution in [3.8, 4) is 28.5 Å². The number of benzene rings is 3. The second kappa shape index (κ2) is 13.5. The monoisotopic (exact) mass is 626 g/mol. The molecule has 0 unspecified atom stereocenters. The van der Waals surface area contributed by atoms with Gasteiger partial charge in [0.15, 0.2) is 0 Å². The van der Waals surface area contributed by atoms with Gasteiger partial charge in [-0.1, -0.05) is 37.5 Å². The lowest BCUT2D eigenvalue weighted by Gasteiger charge is -2.26. The number of fused-ring (bicyclic) bond motifs is 5. The molecule has 0 saturated heterocycles. The summed E-state index contributed by atoms with van der Waals surface area (Å²) in [6.45, 7) is 3.07. The predicted octanol–water partition coefficient (Wildman–Crippen LogP) is 6.33. The van der Waals surface area contributed by atoms with Gasteiger partial charge in [0.05, 0.1) is 26.0 Å². The average molecular weight is 627 g/mol. The number of amides is 1. The van der Waals surface area contributed by atoms with Crippen molar-refractivity contribution in [2.75, 3.05) is 26.9 Å². The highest BCUT2D eigenvalue weighted by Crippen LogP contribution is 2.47. The van der Waals surface area contributed by atoms with Crippen LogP contribution in [0.5, 0.6) is 17.2 Å². The highest BCUT2D eigenvalue weighted by molar-refractivity contribution is 6.03. The molecule has 0 spiro atoms. The Balaban J connectivity index is 1.33. The van der Waals surface area contributed by atoms with Crippen LogP contribution >= 0.6 is 0 Å². The summed E-state index contributed by atoms with van der Waals surface area (Å²) < 4.78 is 19.6. The maximum Gasteiger partial charge on any atom is 0.329 e. The Hall–Kier alpha value is -4.50. The van der Waals surface area contributed by atoms with Crippen LogP contribution in [0.15, 0.2) is 60.7 Å². The highest BCUT2D eigenvalue weighted by Gasteiger charge is 2.36. The van der Waals surface area contributed by atoms with Crippen LogP contribution in [0.25, 0.3) is 22.2 Å². The largest absolute Gasteiger partial charge is 0.497 e. The molecule has 9 nitrogen and oxygen atoms in total. The fraction of sp³-hybridized carbons (Fsp3) is 0.405. The molecule has 9 heteroatoms. The molecule has 0 radical (unpaired) electrons. The lowest BCUT2D eigenvalue weighted by atomic mass is 9.81. The Morgan fingerprint density at radius 2 is 1.78 bits per heavy atom. The van der Waals surface area contributed by atoms with E-state index in [-0.39, 0.29) is 13.0 Å². The minimum atomic E-state index is -1.54. The number of rotatable bonds is 11. The van der Waals surface area contributed by atoms with E-state index in [0.29, 0.717) is 43.4 Å². The highest BCUT2D eigenvalue weighted by atomic mass is 16.5. The van der Waals surface area contributed by atoms with E-state index in [0.717, 1.165) is 52.1 Å². The van der Waals surface area contributed by atoms with Crippen LogP contribution in [0, 0.1) is 0 Å². The summed E-state index contributed by atoms with van der Waals surface area (Å²) in [6.07, 6.45) is 6.49. The number of aliphatic carboxylic acids is 1. The summed E-state index contributed by atoms with van der Waals surface area (Å²) in [7, 11) is 1.65. The number of aliphatic hydroxyl groups is 1. The zero-order valence-corrected chi connectivity index (χ0v) is 26.5. The molecule has 0 bridgehead atoms. The molecule has 1 fully saturated rings. The Labute approximate surface area is 269 Å².